The van der Waals surface area contributed by atoms with Gasteiger partial charge in [0.2, 0.25) is 0 Å². The standard InChI is InChI=1S/C17H20N2S/c1-3-14-9-11-15(12-10-14)13(2)18-17(20)19-16-7-5-4-6-8-16/h4-13H,3H2,1-2H3,(H2,18,19,20)/t13-/m0/s1. The summed E-state index contributed by atoms with van der Waals surface area (Å²) in [5.41, 5.74) is 3.59. The van der Waals surface area contributed by atoms with Crippen LogP contribution in [0.15, 0.2) is 54.6 Å². The first kappa shape index (κ1) is 14.5. The van der Waals surface area contributed by atoms with Crippen molar-refractivity contribution in [2.45, 2.75) is 26.3 Å². The van der Waals surface area contributed by atoms with Crippen molar-refractivity contribution in [1.82, 2.24) is 5.32 Å². The Balaban J connectivity index is 1.93. The molecule has 0 saturated heterocycles. The van der Waals surface area contributed by atoms with Crippen LogP contribution in [0.1, 0.15) is 31.0 Å². The van der Waals surface area contributed by atoms with Crippen molar-refractivity contribution in [3.8, 4) is 0 Å². The lowest BCUT2D eigenvalue weighted by molar-refractivity contribution is 0.722. The molecule has 3 heteroatoms. The van der Waals surface area contributed by atoms with Crippen LogP contribution in [-0.2, 0) is 6.42 Å². The molecule has 2 rings (SSSR count). The number of thiocarbonyl (C=S) groups is 1. The predicted molar refractivity (Wildman–Crippen MR) is 90.0 cm³/mol. The van der Waals surface area contributed by atoms with E-state index in [2.05, 4.69) is 48.7 Å². The zero-order chi connectivity index (χ0) is 14.4. The van der Waals surface area contributed by atoms with Crippen LogP contribution in [0.2, 0.25) is 0 Å². The van der Waals surface area contributed by atoms with Gasteiger partial charge in [-0.05, 0) is 48.8 Å². The fourth-order valence-electron chi connectivity index (χ4n) is 2.01. The molecular weight excluding hydrogens is 264 g/mol. The van der Waals surface area contributed by atoms with Gasteiger partial charge in [0.1, 0.15) is 0 Å². The Morgan fingerprint density at radius 3 is 2.30 bits per heavy atom. The van der Waals surface area contributed by atoms with Gasteiger partial charge in [-0.2, -0.15) is 0 Å². The molecule has 2 aromatic carbocycles. The van der Waals surface area contributed by atoms with E-state index in [4.69, 9.17) is 12.2 Å². The Labute approximate surface area is 126 Å². The quantitative estimate of drug-likeness (QED) is 0.819. The minimum atomic E-state index is 0.185. The molecule has 0 aliphatic carbocycles. The van der Waals surface area contributed by atoms with Crippen molar-refractivity contribution in [3.05, 3.63) is 65.7 Å². The molecule has 2 nitrogen and oxygen atoms in total. The lowest BCUT2D eigenvalue weighted by atomic mass is 10.1. The Morgan fingerprint density at radius 2 is 1.70 bits per heavy atom. The summed E-state index contributed by atoms with van der Waals surface area (Å²) in [4.78, 5) is 0. The number of anilines is 1. The SMILES string of the molecule is CCc1ccc([C@H](C)NC(=S)Nc2ccccc2)cc1. The Bertz CT molecular complexity index is 549. The summed E-state index contributed by atoms with van der Waals surface area (Å²) in [6, 6.07) is 18.8. The third kappa shape index (κ3) is 4.07. The molecule has 0 amide bonds. The first-order valence-electron chi connectivity index (χ1n) is 6.90. The van der Waals surface area contributed by atoms with E-state index in [9.17, 15) is 0 Å². The second-order valence-electron chi connectivity index (χ2n) is 4.78. The number of nitrogens with one attached hydrogen (secondary N) is 2. The van der Waals surface area contributed by atoms with Crippen LogP contribution in [0.3, 0.4) is 0 Å². The molecule has 20 heavy (non-hydrogen) atoms. The third-order valence-corrected chi connectivity index (χ3v) is 3.49. The molecule has 0 fully saturated rings. The second kappa shape index (κ2) is 7.06. The molecule has 2 aromatic rings. The van der Waals surface area contributed by atoms with E-state index in [-0.39, 0.29) is 6.04 Å². The molecule has 0 unspecified atom stereocenters. The van der Waals surface area contributed by atoms with Gasteiger partial charge in [-0.25, -0.2) is 0 Å². The molecule has 0 aromatic heterocycles. The first-order chi connectivity index (χ1) is 9.69. The lowest BCUT2D eigenvalue weighted by Gasteiger charge is -2.17. The summed E-state index contributed by atoms with van der Waals surface area (Å²) >= 11 is 5.34. The minimum Gasteiger partial charge on any atom is -0.356 e. The van der Waals surface area contributed by atoms with Gasteiger partial charge in [0.05, 0.1) is 6.04 Å². The summed E-state index contributed by atoms with van der Waals surface area (Å²) in [6.45, 7) is 4.27. The van der Waals surface area contributed by atoms with Gasteiger partial charge >= 0.3 is 0 Å². The normalized spacial score (nSPS) is 11.7. The molecular formula is C17H20N2S. The highest BCUT2D eigenvalue weighted by atomic mass is 32.1. The summed E-state index contributed by atoms with van der Waals surface area (Å²) in [5, 5.41) is 7.13. The minimum absolute atomic E-state index is 0.185. The average Bonchev–Trinajstić information content (AvgIpc) is 2.48. The monoisotopic (exact) mass is 284 g/mol. The smallest absolute Gasteiger partial charge is 0.171 e. The molecule has 0 heterocycles. The lowest BCUT2D eigenvalue weighted by Crippen LogP contribution is -2.30. The first-order valence-corrected chi connectivity index (χ1v) is 7.31. The van der Waals surface area contributed by atoms with Crippen LogP contribution in [-0.4, -0.2) is 5.11 Å². The Hall–Kier alpha value is -1.87. The number of aryl methyl sites for hydroxylation is 1. The van der Waals surface area contributed by atoms with Crippen LogP contribution >= 0.6 is 12.2 Å². The van der Waals surface area contributed by atoms with Crippen molar-refractivity contribution in [2.75, 3.05) is 5.32 Å². The maximum absolute atomic E-state index is 5.34. The second-order valence-corrected chi connectivity index (χ2v) is 5.19. The molecule has 0 aliphatic rings. The van der Waals surface area contributed by atoms with Crippen molar-refractivity contribution < 1.29 is 0 Å². The van der Waals surface area contributed by atoms with Gasteiger partial charge in [-0.15, -0.1) is 0 Å². The van der Waals surface area contributed by atoms with Crippen molar-refractivity contribution >= 4 is 23.0 Å². The van der Waals surface area contributed by atoms with E-state index < -0.39 is 0 Å². The number of para-hydroxylation sites is 1. The number of benzene rings is 2. The highest BCUT2D eigenvalue weighted by Crippen LogP contribution is 2.14. The van der Waals surface area contributed by atoms with Gasteiger partial charge in [0, 0.05) is 5.69 Å². The molecule has 1 atom stereocenters. The maximum atomic E-state index is 5.34. The summed E-state index contributed by atoms with van der Waals surface area (Å²) in [5.74, 6) is 0. The predicted octanol–water partition coefficient (Wildman–Crippen LogP) is 4.30. The largest absolute Gasteiger partial charge is 0.356 e. The molecule has 0 radical (unpaired) electrons. The Kier molecular flexibility index (Phi) is 5.13. The van der Waals surface area contributed by atoms with Gasteiger partial charge in [-0.3, -0.25) is 0 Å². The highest BCUT2D eigenvalue weighted by Gasteiger charge is 2.06. The van der Waals surface area contributed by atoms with Crippen LogP contribution in [0.25, 0.3) is 0 Å². The third-order valence-electron chi connectivity index (χ3n) is 3.27. The molecule has 104 valence electrons. The average molecular weight is 284 g/mol. The number of rotatable bonds is 4. The Morgan fingerprint density at radius 1 is 1.05 bits per heavy atom. The molecule has 0 saturated carbocycles. The maximum Gasteiger partial charge on any atom is 0.171 e. The van der Waals surface area contributed by atoms with Crippen LogP contribution < -0.4 is 10.6 Å². The fourth-order valence-corrected chi connectivity index (χ4v) is 2.31. The zero-order valence-corrected chi connectivity index (χ0v) is 12.7. The van der Waals surface area contributed by atoms with E-state index in [1.54, 1.807) is 0 Å². The fraction of sp³-hybridized carbons (Fsp3) is 0.235. The van der Waals surface area contributed by atoms with E-state index in [1.807, 2.05) is 30.3 Å². The van der Waals surface area contributed by atoms with Gasteiger partial charge in [-0.1, -0.05) is 49.4 Å². The van der Waals surface area contributed by atoms with Crippen molar-refractivity contribution in [3.63, 3.8) is 0 Å². The van der Waals surface area contributed by atoms with E-state index >= 15 is 0 Å². The van der Waals surface area contributed by atoms with Crippen molar-refractivity contribution in [2.24, 2.45) is 0 Å². The topological polar surface area (TPSA) is 24.1 Å². The van der Waals surface area contributed by atoms with Crippen LogP contribution in [0.4, 0.5) is 5.69 Å². The summed E-state index contributed by atoms with van der Waals surface area (Å²) < 4.78 is 0. The van der Waals surface area contributed by atoms with Gasteiger partial charge in [0.15, 0.2) is 5.11 Å². The highest BCUT2D eigenvalue weighted by molar-refractivity contribution is 7.80. The van der Waals surface area contributed by atoms with Gasteiger partial charge < -0.3 is 10.6 Å². The molecule has 0 aliphatic heterocycles. The molecule has 0 spiro atoms. The van der Waals surface area contributed by atoms with Crippen molar-refractivity contribution in [1.29, 1.82) is 0 Å². The van der Waals surface area contributed by atoms with Crippen LogP contribution in [0.5, 0.6) is 0 Å². The number of hydrogen-bond donors (Lipinski definition) is 2. The molecule has 0 bridgehead atoms. The van der Waals surface area contributed by atoms with E-state index in [0.29, 0.717) is 5.11 Å². The number of hydrogen-bond acceptors (Lipinski definition) is 1. The summed E-state index contributed by atoms with van der Waals surface area (Å²) in [6.07, 6.45) is 1.07. The van der Waals surface area contributed by atoms with Gasteiger partial charge in [0.25, 0.3) is 0 Å². The summed E-state index contributed by atoms with van der Waals surface area (Å²) in [7, 11) is 0. The van der Waals surface area contributed by atoms with Crippen LogP contribution in [0, 0.1) is 0 Å². The zero-order valence-electron chi connectivity index (χ0n) is 11.9. The van der Waals surface area contributed by atoms with E-state index in [0.717, 1.165) is 12.1 Å². The molecule has 2 N–H and O–H groups in total. The van der Waals surface area contributed by atoms with E-state index in [1.165, 1.54) is 11.1 Å².